The number of hydrogen-bond acceptors (Lipinski definition) is 9. The summed E-state index contributed by atoms with van der Waals surface area (Å²) in [5, 5.41) is 7.40. The van der Waals surface area contributed by atoms with Gasteiger partial charge in [0.15, 0.2) is 0 Å². The van der Waals surface area contributed by atoms with Gasteiger partial charge in [0.05, 0.1) is 28.2 Å². The molecule has 1 aromatic carbocycles. The summed E-state index contributed by atoms with van der Waals surface area (Å²) >= 11 is 7.32. The largest absolute Gasteiger partial charge is 0.418 e. The molecular weight excluding hydrogens is 459 g/mol. The first-order valence-corrected chi connectivity index (χ1v) is 13.1. The Labute approximate surface area is 185 Å². The number of hydrogen-bond donors (Lipinski definition) is 2. The number of halogens is 1. The fourth-order valence-corrected chi connectivity index (χ4v) is 5.47. The third-order valence-electron chi connectivity index (χ3n) is 4.75. The number of ether oxygens (including phenoxy) is 1. The van der Waals surface area contributed by atoms with Crippen LogP contribution in [0.4, 0.5) is 5.69 Å². The summed E-state index contributed by atoms with van der Waals surface area (Å²) in [4.78, 5) is 30.1. The molecular formula is C19H16ClN6O3PS. The number of carbonyl (C=O) groups excluding carboxylic acids is 1. The quantitative estimate of drug-likeness (QED) is 0.342. The van der Waals surface area contributed by atoms with Crippen molar-refractivity contribution in [2.24, 2.45) is 0 Å². The summed E-state index contributed by atoms with van der Waals surface area (Å²) in [6.07, 6.45) is 2.87. The lowest BCUT2D eigenvalue weighted by molar-refractivity contribution is 0.0962. The number of aromatic nitrogens is 4. The average molecular weight is 475 g/mol. The van der Waals surface area contributed by atoms with Crippen LogP contribution in [-0.2, 0) is 4.57 Å². The number of nitrogens with zero attached hydrogens (tertiary/aromatic N) is 4. The smallest absolute Gasteiger partial charge is 0.263 e. The summed E-state index contributed by atoms with van der Waals surface area (Å²) in [5.74, 6) is 0.174. The van der Waals surface area contributed by atoms with Gasteiger partial charge in [0.1, 0.15) is 12.0 Å². The summed E-state index contributed by atoms with van der Waals surface area (Å²) < 4.78 is 19.3. The standard InChI is InChI=1S/C19H16ClN6O3PS/c1-30(2,28)10-7-24-19(20)26-18(10)29-12-8-23-14-9(25-12)3-4-11-13(14)15-16(31-11)17(27)22-6-5-21-15/h3-4,7-8,21H,5-6H2,1-2H3,(H,22,27). The molecule has 4 heterocycles. The first kappa shape index (κ1) is 20.1. The lowest BCUT2D eigenvalue weighted by atomic mass is 10.1. The fraction of sp³-hybridized carbons (Fsp3) is 0.211. The summed E-state index contributed by atoms with van der Waals surface area (Å²) in [7, 11) is -2.71. The van der Waals surface area contributed by atoms with E-state index in [-0.39, 0.29) is 23.0 Å². The van der Waals surface area contributed by atoms with E-state index in [2.05, 4.69) is 30.6 Å². The van der Waals surface area contributed by atoms with E-state index in [1.807, 2.05) is 12.1 Å². The molecule has 0 bridgehead atoms. The number of amides is 1. The Balaban J connectivity index is 1.62. The SMILES string of the molecule is CP(C)(=O)c1cnc(Cl)nc1Oc1cnc2c(ccc3sc4c(c32)NCCNC4=O)n1. The van der Waals surface area contributed by atoms with Crippen LogP contribution in [-0.4, -0.2) is 52.3 Å². The van der Waals surface area contributed by atoms with Crippen molar-refractivity contribution in [3.05, 3.63) is 34.7 Å². The van der Waals surface area contributed by atoms with Gasteiger partial charge in [-0.15, -0.1) is 11.3 Å². The van der Waals surface area contributed by atoms with Gasteiger partial charge in [0.2, 0.25) is 17.0 Å². The molecule has 0 aliphatic carbocycles. The highest BCUT2D eigenvalue weighted by atomic mass is 35.5. The normalized spacial score (nSPS) is 14.1. The van der Waals surface area contributed by atoms with Crippen LogP contribution >= 0.6 is 30.1 Å². The molecule has 0 fully saturated rings. The molecule has 1 aliphatic rings. The van der Waals surface area contributed by atoms with Crippen molar-refractivity contribution in [3.8, 4) is 11.8 Å². The zero-order chi connectivity index (χ0) is 21.8. The van der Waals surface area contributed by atoms with Crippen LogP contribution in [0.15, 0.2) is 24.5 Å². The van der Waals surface area contributed by atoms with Crippen molar-refractivity contribution >= 4 is 68.1 Å². The number of carbonyl (C=O) groups is 1. The van der Waals surface area contributed by atoms with Gasteiger partial charge in [-0.05, 0) is 37.1 Å². The molecule has 3 aromatic heterocycles. The van der Waals surface area contributed by atoms with E-state index >= 15 is 0 Å². The molecule has 0 spiro atoms. The maximum atomic E-state index is 12.6. The Kier molecular flexibility index (Phi) is 4.80. The topological polar surface area (TPSA) is 119 Å². The predicted octanol–water partition coefficient (Wildman–Crippen LogP) is 3.48. The Bertz CT molecular complexity index is 1420. The van der Waals surface area contributed by atoms with E-state index in [1.54, 1.807) is 13.3 Å². The minimum Gasteiger partial charge on any atom is -0.418 e. The molecule has 4 aromatic rings. The molecule has 9 nitrogen and oxygen atoms in total. The maximum Gasteiger partial charge on any atom is 0.263 e. The van der Waals surface area contributed by atoms with Crippen molar-refractivity contribution < 1.29 is 14.1 Å². The van der Waals surface area contributed by atoms with Crippen LogP contribution < -0.4 is 20.7 Å². The molecule has 2 N–H and O–H groups in total. The Hall–Kier alpha value is -2.81. The van der Waals surface area contributed by atoms with Crippen molar-refractivity contribution in [1.29, 1.82) is 0 Å². The zero-order valence-electron chi connectivity index (χ0n) is 16.5. The minimum absolute atomic E-state index is 0.0204. The highest BCUT2D eigenvalue weighted by Crippen LogP contribution is 2.41. The zero-order valence-corrected chi connectivity index (χ0v) is 18.9. The number of anilines is 1. The second kappa shape index (κ2) is 7.40. The molecule has 31 heavy (non-hydrogen) atoms. The van der Waals surface area contributed by atoms with Crippen LogP contribution in [0.3, 0.4) is 0 Å². The second-order valence-electron chi connectivity index (χ2n) is 7.29. The molecule has 1 amide bonds. The van der Waals surface area contributed by atoms with Crippen molar-refractivity contribution in [1.82, 2.24) is 25.3 Å². The molecule has 0 saturated heterocycles. The van der Waals surface area contributed by atoms with Crippen LogP contribution in [0.25, 0.3) is 21.1 Å². The Morgan fingerprint density at radius 3 is 2.74 bits per heavy atom. The van der Waals surface area contributed by atoms with Crippen molar-refractivity contribution in [2.45, 2.75) is 0 Å². The van der Waals surface area contributed by atoms with Gasteiger partial charge in [-0.1, -0.05) is 0 Å². The van der Waals surface area contributed by atoms with Gasteiger partial charge in [0.25, 0.3) is 5.91 Å². The molecule has 0 radical (unpaired) electrons. The predicted molar refractivity (Wildman–Crippen MR) is 122 cm³/mol. The highest BCUT2D eigenvalue weighted by Gasteiger charge is 2.24. The van der Waals surface area contributed by atoms with Gasteiger partial charge in [0, 0.05) is 29.4 Å². The summed E-state index contributed by atoms with van der Waals surface area (Å²) in [6, 6.07) is 3.73. The number of fused-ring (bicyclic) bond motifs is 5. The molecule has 1 aliphatic heterocycles. The molecule has 158 valence electrons. The monoisotopic (exact) mass is 474 g/mol. The molecule has 0 atom stereocenters. The van der Waals surface area contributed by atoms with Gasteiger partial charge < -0.3 is 19.9 Å². The van der Waals surface area contributed by atoms with E-state index < -0.39 is 7.14 Å². The van der Waals surface area contributed by atoms with E-state index in [1.165, 1.54) is 23.7 Å². The Morgan fingerprint density at radius 2 is 1.94 bits per heavy atom. The van der Waals surface area contributed by atoms with E-state index in [9.17, 15) is 9.36 Å². The summed E-state index contributed by atoms with van der Waals surface area (Å²) in [6.45, 7) is 4.38. The number of rotatable bonds is 3. The first-order valence-electron chi connectivity index (χ1n) is 9.31. The number of nitrogens with one attached hydrogen (secondary N) is 2. The Morgan fingerprint density at radius 1 is 1.13 bits per heavy atom. The lowest BCUT2D eigenvalue weighted by Gasteiger charge is -2.12. The van der Waals surface area contributed by atoms with Crippen molar-refractivity contribution in [2.75, 3.05) is 31.7 Å². The van der Waals surface area contributed by atoms with Crippen LogP contribution in [0.2, 0.25) is 5.28 Å². The number of thiophene rings is 1. The van der Waals surface area contributed by atoms with Gasteiger partial charge >= 0.3 is 0 Å². The minimum atomic E-state index is -2.71. The van der Waals surface area contributed by atoms with Gasteiger partial charge in [-0.2, -0.15) is 4.98 Å². The highest BCUT2D eigenvalue weighted by molar-refractivity contribution is 7.70. The van der Waals surface area contributed by atoms with Crippen LogP contribution in [0.5, 0.6) is 11.8 Å². The first-order chi connectivity index (χ1) is 14.8. The fourth-order valence-electron chi connectivity index (χ4n) is 3.36. The second-order valence-corrected chi connectivity index (χ2v) is 11.9. The molecule has 0 unspecified atom stereocenters. The van der Waals surface area contributed by atoms with Gasteiger partial charge in [-0.25, -0.2) is 15.0 Å². The van der Waals surface area contributed by atoms with Crippen LogP contribution in [0.1, 0.15) is 9.67 Å². The molecule has 12 heteroatoms. The van der Waals surface area contributed by atoms with E-state index in [0.717, 1.165) is 15.8 Å². The van der Waals surface area contributed by atoms with Gasteiger partial charge in [-0.3, -0.25) is 4.79 Å². The molecule has 0 saturated carbocycles. The lowest BCUT2D eigenvalue weighted by Crippen LogP contribution is -2.24. The van der Waals surface area contributed by atoms with Crippen LogP contribution in [0, 0.1) is 0 Å². The summed E-state index contributed by atoms with van der Waals surface area (Å²) in [5.41, 5.74) is 2.02. The third kappa shape index (κ3) is 3.60. The third-order valence-corrected chi connectivity index (χ3v) is 7.55. The van der Waals surface area contributed by atoms with E-state index in [0.29, 0.717) is 34.3 Å². The maximum absolute atomic E-state index is 12.6. The van der Waals surface area contributed by atoms with E-state index in [4.69, 9.17) is 16.3 Å². The van der Waals surface area contributed by atoms with Crippen molar-refractivity contribution in [3.63, 3.8) is 0 Å². The average Bonchev–Trinajstić information content (AvgIpc) is 2.99. The number of benzene rings is 1. The molecule has 5 rings (SSSR count).